The monoisotopic (exact) mass is 1750 g/mol. The number of benzene rings is 8. The molecule has 0 saturated carbocycles. The lowest BCUT2D eigenvalue weighted by Crippen LogP contribution is -2.32. The van der Waals surface area contributed by atoms with E-state index in [4.69, 9.17) is 46.4 Å². The highest BCUT2D eigenvalue weighted by Gasteiger charge is 2.24. The Hall–Kier alpha value is -14.8. The van der Waals surface area contributed by atoms with Gasteiger partial charge in [-0.1, -0.05) is 143 Å². The highest BCUT2D eigenvalue weighted by molar-refractivity contribution is 6.31. The second-order valence-corrected chi connectivity index (χ2v) is 30.1. The van der Waals surface area contributed by atoms with Crippen molar-refractivity contribution >= 4 is 163 Å². The van der Waals surface area contributed by atoms with Crippen LogP contribution in [0.1, 0.15) is 118 Å². The first-order chi connectivity index (χ1) is 60.6. The predicted octanol–water partition coefficient (Wildman–Crippen LogP) is 16.2. The molecule has 0 unspecified atom stereocenters. The number of aliphatic imine (C=N–C) groups is 4. The Morgan fingerprint density at radius 2 is 0.544 bits per heavy atom. The predicted molar refractivity (Wildman–Crippen MR) is 493 cm³/mol. The van der Waals surface area contributed by atoms with Gasteiger partial charge in [-0.2, -0.15) is 0 Å². The average Bonchev–Trinajstić information content (AvgIpc) is 1.78. The molecule has 16 rings (SSSR count). The zero-order valence-electron chi connectivity index (χ0n) is 67.7. The van der Waals surface area contributed by atoms with Crippen molar-refractivity contribution in [1.29, 1.82) is 0 Å². The normalized spacial score (nSPS) is 13.1. The smallest absolute Gasteiger partial charge is 0.258 e. The SMILES string of the molecule is CN1CCCN=C1c1ccc(C(=O)Nc2ccccc2C(=O)Nc2ccc(Cl)cn2)cc1.CN1CCN=C1c1ccc(C(=O)Nc2ccccc2C(=O)Nc2ccc(Cl)cn2)cc1.CN1CCN=C1c1ccc(C(=O)Nc2ccccc2C(=O)Nc2ccc(Cl)cn2)cc1.O=C(Nc1ccccc1C(=O)Nc1ccc(Cl)cn1)c1ccc(C2=NCCCN2)cc1. The molecule has 0 bridgehead atoms. The molecule has 125 heavy (non-hydrogen) atoms. The van der Waals surface area contributed by atoms with Gasteiger partial charge in [0.2, 0.25) is 0 Å². The second kappa shape index (κ2) is 42.6. The minimum atomic E-state index is -0.387. The number of hydrogen-bond acceptors (Lipinski definition) is 20. The number of halogens is 4. The van der Waals surface area contributed by atoms with Crippen LogP contribution in [0.5, 0.6) is 0 Å². The van der Waals surface area contributed by atoms with Gasteiger partial charge in [-0.3, -0.25) is 58.3 Å². The third-order valence-electron chi connectivity index (χ3n) is 19.5. The van der Waals surface area contributed by atoms with Crippen molar-refractivity contribution in [2.75, 3.05) is 116 Å². The van der Waals surface area contributed by atoms with E-state index < -0.39 is 0 Å². The molecular formula is C93H82Cl4N20O8. The number of aromatic nitrogens is 4. The van der Waals surface area contributed by atoms with Gasteiger partial charge in [0, 0.05) is 130 Å². The number of amides is 8. The molecule has 0 aliphatic carbocycles. The van der Waals surface area contributed by atoms with E-state index in [1.54, 1.807) is 194 Å². The van der Waals surface area contributed by atoms with Crippen LogP contribution >= 0.6 is 46.4 Å². The number of para-hydroxylation sites is 4. The maximum absolute atomic E-state index is 12.8. The van der Waals surface area contributed by atoms with Crippen LogP contribution < -0.4 is 47.9 Å². The van der Waals surface area contributed by atoms with Crippen molar-refractivity contribution in [2.24, 2.45) is 20.0 Å². The molecule has 0 radical (unpaired) electrons. The van der Waals surface area contributed by atoms with Gasteiger partial charge >= 0.3 is 0 Å². The summed E-state index contributed by atoms with van der Waals surface area (Å²) in [5, 5.41) is 27.3. The maximum Gasteiger partial charge on any atom is 0.258 e. The van der Waals surface area contributed by atoms with E-state index in [0.717, 1.165) is 111 Å². The van der Waals surface area contributed by atoms with E-state index in [2.05, 4.69) is 102 Å². The lowest BCUT2D eigenvalue weighted by Gasteiger charge is -2.25. The fourth-order valence-electron chi connectivity index (χ4n) is 13.0. The Bertz CT molecular complexity index is 5870. The summed E-state index contributed by atoms with van der Waals surface area (Å²) in [6, 6.07) is 69.2. The zero-order valence-corrected chi connectivity index (χ0v) is 70.7. The average molecular weight is 1750 g/mol. The Kier molecular flexibility index (Phi) is 30.0. The van der Waals surface area contributed by atoms with Crippen LogP contribution in [0.2, 0.25) is 20.1 Å². The first-order valence-electron chi connectivity index (χ1n) is 39.4. The molecule has 4 aromatic heterocycles. The summed E-state index contributed by atoms with van der Waals surface area (Å²) in [4.78, 5) is 143. The van der Waals surface area contributed by atoms with Crippen LogP contribution in [-0.2, 0) is 0 Å². The first-order valence-corrected chi connectivity index (χ1v) is 40.9. The Morgan fingerprint density at radius 1 is 0.280 bits per heavy atom. The fourth-order valence-corrected chi connectivity index (χ4v) is 13.5. The minimum absolute atomic E-state index is 0.305. The molecule has 32 heteroatoms. The van der Waals surface area contributed by atoms with Crippen LogP contribution in [0, 0.1) is 0 Å². The van der Waals surface area contributed by atoms with Gasteiger partial charge in [-0.15, -0.1) is 0 Å². The number of pyridine rings is 4. The lowest BCUT2D eigenvalue weighted by molar-refractivity contribution is 0.101. The summed E-state index contributed by atoms with van der Waals surface area (Å²) in [6.07, 6.45) is 7.85. The van der Waals surface area contributed by atoms with E-state index >= 15 is 0 Å². The third-order valence-corrected chi connectivity index (χ3v) is 20.4. The van der Waals surface area contributed by atoms with Crippen LogP contribution in [-0.4, -0.2) is 179 Å². The molecular weight excluding hydrogens is 1670 g/mol. The Morgan fingerprint density at radius 3 is 0.792 bits per heavy atom. The number of likely N-dealkylation sites (N-methyl/N-ethyl adjacent to an activating group) is 2. The Labute approximate surface area is 739 Å². The van der Waals surface area contributed by atoms with Gasteiger partial charge in [0.05, 0.1) is 78.2 Å². The van der Waals surface area contributed by atoms with Gasteiger partial charge < -0.3 is 62.6 Å². The first kappa shape index (κ1) is 88.0. The molecule has 4 aliphatic rings. The molecule has 8 aromatic carbocycles. The van der Waals surface area contributed by atoms with E-state index in [9.17, 15) is 38.4 Å². The zero-order chi connectivity index (χ0) is 87.7. The molecule has 0 spiro atoms. The molecule has 0 fully saturated rings. The van der Waals surface area contributed by atoms with E-state index in [1.807, 2.05) is 69.7 Å². The van der Waals surface area contributed by atoms with Crippen LogP contribution in [0.3, 0.4) is 0 Å². The van der Waals surface area contributed by atoms with Gasteiger partial charge in [-0.05, 0) is 158 Å². The van der Waals surface area contributed by atoms with Crippen molar-refractivity contribution in [3.8, 4) is 0 Å². The number of amidine groups is 4. The number of hydrogen-bond donors (Lipinski definition) is 9. The summed E-state index contributed by atoms with van der Waals surface area (Å²) < 4.78 is 0. The standard InChI is InChI=1S/C24H22ClN5O2.3C23H20ClN5O2/c1-30-14-4-13-26-22(30)16-7-9-17(10-8-16)23(31)28-20-6-3-2-5-19(20)24(32)29-21-12-11-18(25)15-27-21;2*1-29-13-12-25-21(29)15-6-8-16(9-7-15)22(30)27-19-5-3-2-4-18(19)23(31)28-20-11-10-17(24)14-26-20;24-17-10-11-20(27-14-17)29-23(31)18-4-1-2-5-19(18)28-22(30)16-8-6-15(7-9-16)21-25-12-3-13-26-21/h2-3,5-12,15H,4,13-14H2,1H3,(H,28,31)(H,27,29,32);2*2-11,14H,12-13H2,1H3,(H,27,30)(H,26,28,31);1-2,4-11,14H,3,12-13H2,(H,25,26)(H,28,30)(H,27,29,31). The summed E-state index contributed by atoms with van der Waals surface area (Å²) in [5.74, 6) is 2.31. The minimum Gasteiger partial charge on any atom is -0.370 e. The van der Waals surface area contributed by atoms with E-state index in [-0.39, 0.29) is 47.3 Å². The lowest BCUT2D eigenvalue weighted by atomic mass is 10.1. The van der Waals surface area contributed by atoms with Crippen molar-refractivity contribution < 1.29 is 38.4 Å². The number of rotatable bonds is 20. The van der Waals surface area contributed by atoms with Crippen molar-refractivity contribution in [3.05, 3.63) is 354 Å². The van der Waals surface area contributed by atoms with Gasteiger partial charge in [0.1, 0.15) is 46.6 Å². The topological polar surface area (TPSA) is 356 Å². The maximum atomic E-state index is 12.8. The van der Waals surface area contributed by atoms with Gasteiger partial charge in [-0.25, -0.2) is 19.9 Å². The Balaban J connectivity index is 0.000000143. The van der Waals surface area contributed by atoms with Crippen LogP contribution in [0.4, 0.5) is 46.0 Å². The van der Waals surface area contributed by atoms with Crippen molar-refractivity contribution in [3.63, 3.8) is 0 Å². The molecule has 12 aromatic rings. The summed E-state index contributed by atoms with van der Waals surface area (Å²) in [7, 11) is 6.00. The van der Waals surface area contributed by atoms with Crippen molar-refractivity contribution in [1.82, 2.24) is 40.0 Å². The molecule has 0 atom stereocenters. The van der Waals surface area contributed by atoms with Crippen LogP contribution in [0.15, 0.2) is 287 Å². The summed E-state index contributed by atoms with van der Waals surface area (Å²) in [5.41, 5.74) is 8.70. The number of carbonyl (C=O) groups is 8. The highest BCUT2D eigenvalue weighted by Crippen LogP contribution is 2.27. The highest BCUT2D eigenvalue weighted by atomic mass is 35.5. The second-order valence-electron chi connectivity index (χ2n) is 28.3. The fraction of sp³-hybridized carbons (Fsp3) is 0.140. The number of nitrogens with one attached hydrogen (secondary N) is 9. The molecule has 28 nitrogen and oxygen atoms in total. The summed E-state index contributed by atoms with van der Waals surface area (Å²) in [6.45, 7) is 6.80. The number of nitrogens with zero attached hydrogens (tertiary/aromatic N) is 11. The van der Waals surface area contributed by atoms with Gasteiger partial charge in [0.15, 0.2) is 0 Å². The molecule has 4 aliphatic heterocycles. The van der Waals surface area contributed by atoms with E-state index in [0.29, 0.717) is 111 Å². The molecule has 8 amide bonds. The summed E-state index contributed by atoms with van der Waals surface area (Å²) >= 11 is 23.3. The molecule has 630 valence electrons. The van der Waals surface area contributed by atoms with Crippen molar-refractivity contribution in [2.45, 2.75) is 12.8 Å². The largest absolute Gasteiger partial charge is 0.370 e. The number of anilines is 8. The van der Waals surface area contributed by atoms with E-state index in [1.165, 1.54) is 24.8 Å². The molecule has 0 saturated heterocycles. The van der Waals surface area contributed by atoms with Crippen LogP contribution in [0.25, 0.3) is 0 Å². The quantitative estimate of drug-likeness (QED) is 0.0342. The van der Waals surface area contributed by atoms with Gasteiger partial charge in [0.25, 0.3) is 47.3 Å². The molecule has 8 heterocycles. The third kappa shape index (κ3) is 24.1. The molecule has 9 N–H and O–H groups in total. The number of carbonyl (C=O) groups excluding carboxylic acids is 8.